The van der Waals surface area contributed by atoms with Gasteiger partial charge in [-0.25, -0.2) is 4.79 Å². The molecule has 5 heteroatoms. The van der Waals surface area contributed by atoms with Gasteiger partial charge in [-0.05, 0) is 49.2 Å². The Morgan fingerprint density at radius 2 is 1.96 bits per heavy atom. The Bertz CT molecular complexity index is 712. The van der Waals surface area contributed by atoms with Crippen LogP contribution in [-0.4, -0.2) is 36.9 Å². The summed E-state index contributed by atoms with van der Waals surface area (Å²) in [7, 11) is 0. The van der Waals surface area contributed by atoms with Crippen molar-refractivity contribution in [3.05, 3.63) is 72.3 Å². The molecule has 0 radical (unpaired) electrons. The van der Waals surface area contributed by atoms with Gasteiger partial charge in [0.05, 0.1) is 12.2 Å². The number of carbonyl (C=O) groups is 1. The summed E-state index contributed by atoms with van der Waals surface area (Å²) >= 11 is 0. The predicted octanol–water partition coefficient (Wildman–Crippen LogP) is 3.44. The number of nitrogens with one attached hydrogen (secondary N) is 1. The molecule has 0 aliphatic heterocycles. The number of rotatable bonds is 10. The lowest BCUT2D eigenvalue weighted by Crippen LogP contribution is -2.26. The molecule has 0 aliphatic carbocycles. The van der Waals surface area contributed by atoms with Crippen LogP contribution in [0.2, 0.25) is 0 Å². The van der Waals surface area contributed by atoms with E-state index in [4.69, 9.17) is 9.47 Å². The van der Waals surface area contributed by atoms with Gasteiger partial charge in [0.15, 0.2) is 0 Å². The van der Waals surface area contributed by atoms with E-state index in [1.54, 1.807) is 31.2 Å². The molecule has 0 saturated carbocycles. The van der Waals surface area contributed by atoms with Crippen LogP contribution in [0.1, 0.15) is 22.8 Å². The number of esters is 1. The summed E-state index contributed by atoms with van der Waals surface area (Å²) in [5.74, 6) is 0.413. The van der Waals surface area contributed by atoms with Crippen molar-refractivity contribution in [1.82, 2.24) is 0 Å². The number of aliphatic hydroxyl groups is 1. The van der Waals surface area contributed by atoms with E-state index in [-0.39, 0.29) is 12.6 Å². The number of aliphatic hydroxyl groups excluding tert-OH is 1. The number of anilines is 1. The molecule has 0 fully saturated rings. The topological polar surface area (TPSA) is 67.8 Å². The Kier molecular flexibility index (Phi) is 7.71. The van der Waals surface area contributed by atoms with Gasteiger partial charge in [-0.15, -0.1) is 6.58 Å². The zero-order valence-corrected chi connectivity index (χ0v) is 15.0. The molecule has 5 nitrogen and oxygen atoms in total. The molecule has 0 bridgehead atoms. The van der Waals surface area contributed by atoms with Crippen LogP contribution in [0.3, 0.4) is 0 Å². The number of carbonyl (C=O) groups excluding carboxylic acids is 1. The molecule has 26 heavy (non-hydrogen) atoms. The van der Waals surface area contributed by atoms with Crippen LogP contribution in [-0.2, 0) is 11.2 Å². The first-order valence-electron chi connectivity index (χ1n) is 8.64. The molecule has 0 heterocycles. The van der Waals surface area contributed by atoms with Crippen molar-refractivity contribution >= 4 is 11.7 Å². The average molecular weight is 355 g/mol. The summed E-state index contributed by atoms with van der Waals surface area (Å²) in [6.07, 6.45) is 1.87. The first kappa shape index (κ1) is 19.5. The first-order chi connectivity index (χ1) is 12.6. The van der Waals surface area contributed by atoms with E-state index in [1.807, 2.05) is 30.3 Å². The maximum atomic E-state index is 11.6. The third-order valence-electron chi connectivity index (χ3n) is 3.71. The van der Waals surface area contributed by atoms with Crippen molar-refractivity contribution in [2.45, 2.75) is 19.4 Å². The van der Waals surface area contributed by atoms with E-state index in [0.717, 1.165) is 23.4 Å². The van der Waals surface area contributed by atoms with E-state index in [9.17, 15) is 9.90 Å². The predicted molar refractivity (Wildman–Crippen MR) is 103 cm³/mol. The van der Waals surface area contributed by atoms with Crippen LogP contribution in [0.15, 0.2) is 61.2 Å². The summed E-state index contributed by atoms with van der Waals surface area (Å²) < 4.78 is 10.7. The van der Waals surface area contributed by atoms with E-state index >= 15 is 0 Å². The Labute approximate surface area is 154 Å². The molecule has 0 aromatic heterocycles. The molecule has 0 saturated heterocycles. The lowest BCUT2D eigenvalue weighted by molar-refractivity contribution is 0.0526. The number of benzene rings is 2. The van der Waals surface area contributed by atoms with Crippen molar-refractivity contribution in [3.8, 4) is 5.75 Å². The lowest BCUT2D eigenvalue weighted by Gasteiger charge is -2.16. The Morgan fingerprint density at radius 1 is 1.23 bits per heavy atom. The van der Waals surface area contributed by atoms with Crippen molar-refractivity contribution in [2.24, 2.45) is 0 Å². The van der Waals surface area contributed by atoms with Crippen molar-refractivity contribution in [3.63, 3.8) is 0 Å². The lowest BCUT2D eigenvalue weighted by atomic mass is 10.1. The fourth-order valence-corrected chi connectivity index (χ4v) is 2.39. The highest BCUT2D eigenvalue weighted by Gasteiger charge is 2.09. The van der Waals surface area contributed by atoms with E-state index in [1.165, 1.54) is 0 Å². The first-order valence-corrected chi connectivity index (χ1v) is 8.64. The summed E-state index contributed by atoms with van der Waals surface area (Å²) in [5.41, 5.74) is 2.35. The maximum Gasteiger partial charge on any atom is 0.338 e. The van der Waals surface area contributed by atoms with Gasteiger partial charge < -0.3 is 19.9 Å². The second kappa shape index (κ2) is 10.3. The zero-order valence-electron chi connectivity index (χ0n) is 15.0. The smallest absolute Gasteiger partial charge is 0.338 e. The average Bonchev–Trinajstić information content (AvgIpc) is 2.66. The molecule has 2 N–H and O–H groups in total. The number of hydrogen-bond acceptors (Lipinski definition) is 5. The molecule has 2 aromatic carbocycles. The van der Waals surface area contributed by atoms with Gasteiger partial charge in [0.1, 0.15) is 18.5 Å². The minimum absolute atomic E-state index is 0.183. The van der Waals surface area contributed by atoms with Crippen LogP contribution in [0.4, 0.5) is 5.69 Å². The van der Waals surface area contributed by atoms with Crippen LogP contribution >= 0.6 is 0 Å². The van der Waals surface area contributed by atoms with Gasteiger partial charge in [-0.2, -0.15) is 0 Å². The van der Waals surface area contributed by atoms with Crippen molar-refractivity contribution < 1.29 is 19.4 Å². The SMILES string of the molecule is C=CCc1ccccc1OCC(O)CNc1ccc(C(=O)OCC)cc1. The Hall–Kier alpha value is -2.79. The Balaban J connectivity index is 1.81. The third kappa shape index (κ3) is 5.93. The van der Waals surface area contributed by atoms with Crippen molar-refractivity contribution in [1.29, 1.82) is 0 Å². The normalized spacial score (nSPS) is 11.5. The molecule has 0 aliphatic rings. The largest absolute Gasteiger partial charge is 0.491 e. The van der Waals surface area contributed by atoms with Crippen LogP contribution < -0.4 is 10.1 Å². The highest BCUT2D eigenvalue weighted by atomic mass is 16.5. The fourth-order valence-electron chi connectivity index (χ4n) is 2.39. The molecule has 2 aromatic rings. The van der Waals surface area contributed by atoms with E-state index in [0.29, 0.717) is 18.7 Å². The molecule has 1 atom stereocenters. The molecular weight excluding hydrogens is 330 g/mol. The molecule has 1 unspecified atom stereocenters. The van der Waals surface area contributed by atoms with E-state index < -0.39 is 6.10 Å². The minimum Gasteiger partial charge on any atom is -0.491 e. The van der Waals surface area contributed by atoms with Gasteiger partial charge in [0.2, 0.25) is 0 Å². The standard InChI is InChI=1S/C21H25NO4/c1-3-7-16-8-5-6-9-20(16)26-15-19(23)14-22-18-12-10-17(11-13-18)21(24)25-4-2/h3,5-6,8-13,19,22-23H,1,4,7,14-15H2,2H3. The third-order valence-corrected chi connectivity index (χ3v) is 3.71. The Morgan fingerprint density at radius 3 is 2.65 bits per heavy atom. The molecule has 0 spiro atoms. The van der Waals surface area contributed by atoms with E-state index in [2.05, 4.69) is 11.9 Å². The zero-order chi connectivity index (χ0) is 18.8. The number of hydrogen-bond donors (Lipinski definition) is 2. The van der Waals surface area contributed by atoms with Crippen LogP contribution in [0.5, 0.6) is 5.75 Å². The molecular formula is C21H25NO4. The summed E-state index contributed by atoms with van der Waals surface area (Å²) in [5, 5.41) is 13.2. The second-order valence-corrected chi connectivity index (χ2v) is 5.74. The van der Waals surface area contributed by atoms with Gasteiger partial charge in [-0.3, -0.25) is 0 Å². The highest BCUT2D eigenvalue weighted by Crippen LogP contribution is 2.19. The quantitative estimate of drug-likeness (QED) is 0.505. The summed E-state index contributed by atoms with van der Waals surface area (Å²) in [4.78, 5) is 11.6. The highest BCUT2D eigenvalue weighted by molar-refractivity contribution is 5.89. The second-order valence-electron chi connectivity index (χ2n) is 5.74. The molecule has 138 valence electrons. The van der Waals surface area contributed by atoms with Gasteiger partial charge in [0, 0.05) is 12.2 Å². The van der Waals surface area contributed by atoms with Crippen LogP contribution in [0.25, 0.3) is 0 Å². The number of para-hydroxylation sites is 1. The fraction of sp³-hybridized carbons (Fsp3) is 0.286. The minimum atomic E-state index is -0.670. The van der Waals surface area contributed by atoms with Gasteiger partial charge in [0.25, 0.3) is 0 Å². The summed E-state index contributed by atoms with van der Waals surface area (Å²) in [6.45, 7) is 6.38. The van der Waals surface area contributed by atoms with Gasteiger partial charge >= 0.3 is 5.97 Å². The number of ether oxygens (including phenoxy) is 2. The molecule has 0 amide bonds. The summed E-state index contributed by atoms with van der Waals surface area (Å²) in [6, 6.07) is 14.6. The number of allylic oxidation sites excluding steroid dienone is 1. The van der Waals surface area contributed by atoms with Gasteiger partial charge in [-0.1, -0.05) is 24.3 Å². The van der Waals surface area contributed by atoms with Crippen LogP contribution in [0, 0.1) is 0 Å². The maximum absolute atomic E-state index is 11.6. The van der Waals surface area contributed by atoms with Crippen molar-refractivity contribution in [2.75, 3.05) is 25.1 Å². The monoisotopic (exact) mass is 355 g/mol. The molecule has 2 rings (SSSR count).